The fraction of sp³-hybridized carbons (Fsp3) is 0.667. The first-order chi connectivity index (χ1) is 9.72. The molecule has 0 bridgehead atoms. The topological polar surface area (TPSA) is 15.3 Å². The van der Waals surface area contributed by atoms with Crippen LogP contribution in [0, 0.1) is 5.92 Å². The molecular weight excluding hydrogens is 244 g/mol. The first kappa shape index (κ1) is 14.1. The van der Waals surface area contributed by atoms with Crippen LogP contribution in [0.3, 0.4) is 0 Å². The van der Waals surface area contributed by atoms with Crippen molar-refractivity contribution in [1.82, 2.24) is 10.2 Å². The molecule has 2 nitrogen and oxygen atoms in total. The van der Waals surface area contributed by atoms with E-state index in [2.05, 4.69) is 42.3 Å². The van der Waals surface area contributed by atoms with Crippen LogP contribution in [0.4, 0.5) is 0 Å². The maximum atomic E-state index is 3.67. The highest BCUT2D eigenvalue weighted by Gasteiger charge is 2.23. The average Bonchev–Trinajstić information content (AvgIpc) is 3.06. The van der Waals surface area contributed by atoms with Gasteiger partial charge in [0.15, 0.2) is 0 Å². The van der Waals surface area contributed by atoms with Crippen molar-refractivity contribution in [1.29, 1.82) is 0 Å². The van der Waals surface area contributed by atoms with Crippen molar-refractivity contribution in [3.05, 3.63) is 34.9 Å². The van der Waals surface area contributed by atoms with Crippen LogP contribution in [0.2, 0.25) is 0 Å². The third kappa shape index (κ3) is 3.24. The molecule has 0 aromatic heterocycles. The summed E-state index contributed by atoms with van der Waals surface area (Å²) in [5, 5.41) is 3.67. The molecule has 1 aliphatic carbocycles. The van der Waals surface area contributed by atoms with Gasteiger partial charge in [-0.1, -0.05) is 18.2 Å². The van der Waals surface area contributed by atoms with Crippen molar-refractivity contribution in [3.8, 4) is 0 Å². The minimum absolute atomic E-state index is 0.705. The predicted molar refractivity (Wildman–Crippen MR) is 85.0 cm³/mol. The van der Waals surface area contributed by atoms with Crippen LogP contribution in [0.5, 0.6) is 0 Å². The summed E-state index contributed by atoms with van der Waals surface area (Å²) in [6, 6.07) is 7.78. The van der Waals surface area contributed by atoms with Gasteiger partial charge in [-0.25, -0.2) is 0 Å². The zero-order valence-corrected chi connectivity index (χ0v) is 13.0. The quantitative estimate of drug-likeness (QED) is 0.886. The fourth-order valence-corrected chi connectivity index (χ4v) is 3.65. The van der Waals surface area contributed by atoms with Gasteiger partial charge >= 0.3 is 0 Å². The second-order valence-electron chi connectivity index (χ2n) is 6.83. The smallest absolute Gasteiger partial charge is 0.0205 e. The molecule has 1 heterocycles. The van der Waals surface area contributed by atoms with Crippen LogP contribution in [-0.2, 0) is 19.4 Å². The fourth-order valence-electron chi connectivity index (χ4n) is 3.65. The number of hydrogen-bond donors (Lipinski definition) is 1. The van der Waals surface area contributed by atoms with Crippen LogP contribution in [-0.4, -0.2) is 30.6 Å². The highest BCUT2D eigenvalue weighted by Crippen LogP contribution is 2.23. The lowest BCUT2D eigenvalue weighted by Gasteiger charge is -2.20. The first-order valence-corrected chi connectivity index (χ1v) is 8.28. The van der Waals surface area contributed by atoms with Crippen molar-refractivity contribution in [2.24, 2.45) is 5.92 Å². The molecule has 2 heteroatoms. The Bertz CT molecular complexity index is 453. The number of nitrogens with zero attached hydrogens (tertiary/aromatic N) is 1. The van der Waals surface area contributed by atoms with Crippen molar-refractivity contribution in [2.45, 2.75) is 52.1 Å². The van der Waals surface area contributed by atoms with E-state index in [1.165, 1.54) is 50.9 Å². The van der Waals surface area contributed by atoms with Gasteiger partial charge in [0.05, 0.1) is 0 Å². The molecule has 1 unspecified atom stereocenters. The summed E-state index contributed by atoms with van der Waals surface area (Å²) in [6.45, 7) is 9.37. The molecule has 1 saturated heterocycles. The molecule has 1 fully saturated rings. The molecule has 20 heavy (non-hydrogen) atoms. The van der Waals surface area contributed by atoms with Crippen molar-refractivity contribution in [3.63, 3.8) is 0 Å². The second-order valence-corrected chi connectivity index (χ2v) is 6.83. The lowest BCUT2D eigenvalue weighted by Crippen LogP contribution is -2.30. The zero-order valence-electron chi connectivity index (χ0n) is 13.0. The van der Waals surface area contributed by atoms with Crippen LogP contribution in [0.25, 0.3) is 0 Å². The van der Waals surface area contributed by atoms with Crippen molar-refractivity contribution >= 4 is 0 Å². The highest BCUT2D eigenvalue weighted by atomic mass is 15.2. The second kappa shape index (κ2) is 6.28. The van der Waals surface area contributed by atoms with Crippen LogP contribution >= 0.6 is 0 Å². The van der Waals surface area contributed by atoms with Gasteiger partial charge in [0.1, 0.15) is 0 Å². The van der Waals surface area contributed by atoms with Crippen LogP contribution in [0.1, 0.15) is 43.4 Å². The predicted octanol–water partition coefficient (Wildman–Crippen LogP) is 3.00. The lowest BCUT2D eigenvalue weighted by atomic mass is 10.1. The maximum absolute atomic E-state index is 3.67. The highest BCUT2D eigenvalue weighted by molar-refractivity contribution is 5.35. The van der Waals surface area contributed by atoms with E-state index in [1.54, 1.807) is 11.1 Å². The summed E-state index contributed by atoms with van der Waals surface area (Å²) in [5.41, 5.74) is 4.64. The van der Waals surface area contributed by atoms with E-state index >= 15 is 0 Å². The third-order valence-electron chi connectivity index (χ3n) is 4.97. The Kier molecular flexibility index (Phi) is 4.42. The standard InChI is InChI=1S/C18H28N2/c1-14(2)20-9-8-16(13-20)12-19-11-15-6-7-17-4-3-5-18(17)10-15/h6-7,10,14,16,19H,3-5,8-9,11-13H2,1-2H3. The molecule has 0 spiro atoms. The van der Waals surface area contributed by atoms with Gasteiger partial charge in [-0.3, -0.25) is 0 Å². The van der Waals surface area contributed by atoms with E-state index in [9.17, 15) is 0 Å². The zero-order chi connectivity index (χ0) is 13.9. The maximum Gasteiger partial charge on any atom is 0.0205 e. The normalized spacial score (nSPS) is 22.6. The molecular formula is C18H28N2. The summed E-state index contributed by atoms with van der Waals surface area (Å²) in [5.74, 6) is 0.840. The molecule has 1 aliphatic heterocycles. The van der Waals surface area contributed by atoms with Gasteiger partial charge in [0.25, 0.3) is 0 Å². The molecule has 1 N–H and O–H groups in total. The Hall–Kier alpha value is -0.860. The van der Waals surface area contributed by atoms with Crippen LogP contribution in [0.15, 0.2) is 18.2 Å². The summed E-state index contributed by atoms with van der Waals surface area (Å²) in [7, 11) is 0. The molecule has 2 aliphatic rings. The number of aryl methyl sites for hydroxylation is 2. The van der Waals surface area contributed by atoms with Gasteiger partial charge in [0.2, 0.25) is 0 Å². The van der Waals surface area contributed by atoms with Crippen molar-refractivity contribution < 1.29 is 0 Å². The first-order valence-electron chi connectivity index (χ1n) is 8.28. The monoisotopic (exact) mass is 272 g/mol. The molecule has 3 rings (SSSR count). The number of fused-ring (bicyclic) bond motifs is 1. The van der Waals surface area contributed by atoms with Gasteiger partial charge < -0.3 is 10.2 Å². The average molecular weight is 272 g/mol. The third-order valence-corrected chi connectivity index (χ3v) is 4.97. The minimum Gasteiger partial charge on any atom is -0.312 e. The van der Waals surface area contributed by atoms with E-state index in [0.717, 1.165) is 12.5 Å². The number of rotatable bonds is 5. The van der Waals surface area contributed by atoms with Gasteiger partial charge in [0, 0.05) is 19.1 Å². The molecule has 0 radical (unpaired) electrons. The van der Waals surface area contributed by atoms with Crippen molar-refractivity contribution in [2.75, 3.05) is 19.6 Å². The number of likely N-dealkylation sites (tertiary alicyclic amines) is 1. The Labute approximate surface area is 123 Å². The minimum atomic E-state index is 0.705. The molecule has 1 aromatic rings. The SMILES string of the molecule is CC(C)N1CCC(CNCc2ccc3c(c2)CCC3)C1. The molecule has 1 atom stereocenters. The van der Waals surface area contributed by atoms with Gasteiger partial charge in [-0.05, 0) is 75.2 Å². The largest absolute Gasteiger partial charge is 0.312 e. The van der Waals surface area contributed by atoms with E-state index in [0.29, 0.717) is 6.04 Å². The van der Waals surface area contributed by atoms with E-state index in [4.69, 9.17) is 0 Å². The number of nitrogens with one attached hydrogen (secondary N) is 1. The molecule has 0 amide bonds. The Morgan fingerprint density at radius 1 is 1.25 bits per heavy atom. The van der Waals surface area contributed by atoms with Crippen LogP contribution < -0.4 is 5.32 Å². The molecule has 1 aromatic carbocycles. The summed E-state index contributed by atoms with van der Waals surface area (Å²) in [4.78, 5) is 2.60. The summed E-state index contributed by atoms with van der Waals surface area (Å²) in [6.07, 6.45) is 5.28. The Morgan fingerprint density at radius 3 is 2.90 bits per heavy atom. The lowest BCUT2D eigenvalue weighted by molar-refractivity contribution is 0.264. The number of benzene rings is 1. The van der Waals surface area contributed by atoms with E-state index in [-0.39, 0.29) is 0 Å². The Morgan fingerprint density at radius 2 is 2.10 bits per heavy atom. The molecule has 0 saturated carbocycles. The molecule has 110 valence electrons. The number of hydrogen-bond acceptors (Lipinski definition) is 2. The van der Waals surface area contributed by atoms with Gasteiger partial charge in [-0.15, -0.1) is 0 Å². The van der Waals surface area contributed by atoms with E-state index < -0.39 is 0 Å². The van der Waals surface area contributed by atoms with Gasteiger partial charge in [-0.2, -0.15) is 0 Å². The van der Waals surface area contributed by atoms with E-state index in [1.807, 2.05) is 0 Å². The summed E-state index contributed by atoms with van der Waals surface area (Å²) >= 11 is 0. The summed E-state index contributed by atoms with van der Waals surface area (Å²) < 4.78 is 0. The Balaban J connectivity index is 1.44.